The highest BCUT2D eigenvalue weighted by Gasteiger charge is 2.25. The van der Waals surface area contributed by atoms with Gasteiger partial charge in [0, 0.05) is 6.04 Å². The number of rotatable bonds is 4. The third-order valence-electron chi connectivity index (χ3n) is 4.23. The number of benzene rings is 1. The molecule has 0 bridgehead atoms. The molecule has 3 unspecified atom stereocenters. The predicted molar refractivity (Wildman–Crippen MR) is 80.5 cm³/mol. The molecule has 0 amide bonds. The Balaban J connectivity index is 2.02. The van der Waals surface area contributed by atoms with E-state index in [1.54, 1.807) is 0 Å². The van der Waals surface area contributed by atoms with Gasteiger partial charge in [-0.3, -0.25) is 0 Å². The van der Waals surface area contributed by atoms with Crippen molar-refractivity contribution >= 4 is 0 Å². The van der Waals surface area contributed by atoms with E-state index in [1.165, 1.54) is 24.8 Å². The van der Waals surface area contributed by atoms with Crippen LogP contribution in [-0.2, 0) is 0 Å². The van der Waals surface area contributed by atoms with Gasteiger partial charge in [-0.2, -0.15) is 0 Å². The van der Waals surface area contributed by atoms with Crippen LogP contribution in [0.25, 0.3) is 0 Å². The van der Waals surface area contributed by atoms with Crippen LogP contribution in [0.3, 0.4) is 0 Å². The van der Waals surface area contributed by atoms with Crippen LogP contribution in [0.15, 0.2) is 24.3 Å². The molecule has 1 aliphatic carbocycles. The van der Waals surface area contributed by atoms with E-state index in [1.807, 2.05) is 7.05 Å². The molecule has 1 aliphatic rings. The van der Waals surface area contributed by atoms with Crippen LogP contribution in [0.2, 0.25) is 0 Å². The third-order valence-corrected chi connectivity index (χ3v) is 4.23. The van der Waals surface area contributed by atoms with Crippen molar-refractivity contribution < 1.29 is 4.74 Å². The van der Waals surface area contributed by atoms with Gasteiger partial charge in [-0.1, -0.05) is 26.0 Å². The lowest BCUT2D eigenvalue weighted by molar-refractivity contribution is 0.101. The van der Waals surface area contributed by atoms with Gasteiger partial charge < -0.3 is 10.1 Å². The maximum absolute atomic E-state index is 6.20. The van der Waals surface area contributed by atoms with Gasteiger partial charge in [0.15, 0.2) is 0 Å². The predicted octanol–water partition coefficient (Wildman–Crippen LogP) is 4.17. The van der Waals surface area contributed by atoms with Crippen molar-refractivity contribution in [1.82, 2.24) is 5.32 Å². The molecule has 0 saturated heterocycles. The van der Waals surface area contributed by atoms with Crippen LogP contribution < -0.4 is 10.1 Å². The zero-order valence-corrected chi connectivity index (χ0v) is 12.6. The Morgan fingerprint density at radius 1 is 1.16 bits per heavy atom. The van der Waals surface area contributed by atoms with E-state index < -0.39 is 0 Å². The first kappa shape index (κ1) is 14.4. The Morgan fingerprint density at radius 3 is 2.47 bits per heavy atom. The molecule has 2 nitrogen and oxygen atoms in total. The van der Waals surface area contributed by atoms with Crippen molar-refractivity contribution in [1.29, 1.82) is 0 Å². The Hall–Kier alpha value is -1.02. The van der Waals surface area contributed by atoms with Crippen molar-refractivity contribution in [3.05, 3.63) is 29.8 Å². The number of nitrogens with one attached hydrogen (secondary N) is 1. The average molecular weight is 261 g/mol. The summed E-state index contributed by atoms with van der Waals surface area (Å²) < 4.78 is 6.20. The Bertz CT molecular complexity index is 394. The Morgan fingerprint density at radius 2 is 1.84 bits per heavy atom. The third kappa shape index (κ3) is 3.97. The van der Waals surface area contributed by atoms with Crippen molar-refractivity contribution in [2.75, 3.05) is 7.05 Å². The first-order valence-electron chi connectivity index (χ1n) is 7.52. The monoisotopic (exact) mass is 261 g/mol. The molecule has 1 aromatic carbocycles. The smallest absolute Gasteiger partial charge is 0.120 e. The first-order valence-corrected chi connectivity index (χ1v) is 7.52. The van der Waals surface area contributed by atoms with Gasteiger partial charge in [0.1, 0.15) is 5.75 Å². The molecule has 2 heteroatoms. The largest absolute Gasteiger partial charge is 0.490 e. The van der Waals surface area contributed by atoms with Gasteiger partial charge in [-0.15, -0.1) is 0 Å². The topological polar surface area (TPSA) is 21.3 Å². The molecule has 0 aliphatic heterocycles. The molecule has 19 heavy (non-hydrogen) atoms. The summed E-state index contributed by atoms with van der Waals surface area (Å²) in [4.78, 5) is 0. The van der Waals surface area contributed by atoms with Crippen LogP contribution in [-0.4, -0.2) is 13.2 Å². The molecular formula is C17H27NO. The molecule has 1 saturated carbocycles. The van der Waals surface area contributed by atoms with Crippen LogP contribution in [0.5, 0.6) is 5.75 Å². The number of hydrogen-bond donors (Lipinski definition) is 1. The van der Waals surface area contributed by atoms with Crippen LogP contribution >= 0.6 is 0 Å². The number of ether oxygens (including phenoxy) is 1. The summed E-state index contributed by atoms with van der Waals surface area (Å²) in [5, 5.41) is 3.27. The minimum absolute atomic E-state index is 0.368. The number of hydrogen-bond acceptors (Lipinski definition) is 2. The van der Waals surface area contributed by atoms with Crippen molar-refractivity contribution in [2.24, 2.45) is 11.8 Å². The lowest BCUT2D eigenvalue weighted by Crippen LogP contribution is -2.28. The molecule has 0 aromatic heterocycles. The fourth-order valence-corrected chi connectivity index (χ4v) is 3.19. The summed E-state index contributed by atoms with van der Waals surface area (Å²) in [5.41, 5.74) is 1.29. The minimum atomic E-state index is 0.368. The van der Waals surface area contributed by atoms with Gasteiger partial charge in [0.05, 0.1) is 6.10 Å². The van der Waals surface area contributed by atoms with Gasteiger partial charge in [0.2, 0.25) is 0 Å². The van der Waals surface area contributed by atoms with Crippen LogP contribution in [0, 0.1) is 11.8 Å². The van der Waals surface area contributed by atoms with Crippen molar-refractivity contribution in [3.63, 3.8) is 0 Å². The van der Waals surface area contributed by atoms with E-state index in [2.05, 4.69) is 50.4 Å². The molecular weight excluding hydrogens is 234 g/mol. The first-order chi connectivity index (χ1) is 9.08. The summed E-state index contributed by atoms with van der Waals surface area (Å²) >= 11 is 0. The van der Waals surface area contributed by atoms with Gasteiger partial charge in [0.25, 0.3) is 0 Å². The summed E-state index contributed by atoms with van der Waals surface area (Å²) in [6.45, 7) is 6.85. The standard InChI is InChI=1S/C17H27NO/c1-12-8-13(2)10-17(9-12)19-16-7-5-6-15(11-16)14(3)18-4/h5-7,11-14,17-18H,8-10H2,1-4H3. The lowest BCUT2D eigenvalue weighted by atomic mass is 9.82. The Labute approximate surface area is 117 Å². The van der Waals surface area contributed by atoms with E-state index in [0.717, 1.165) is 17.6 Å². The van der Waals surface area contributed by atoms with E-state index >= 15 is 0 Å². The fourth-order valence-electron chi connectivity index (χ4n) is 3.19. The highest BCUT2D eigenvalue weighted by molar-refractivity contribution is 5.30. The van der Waals surface area contributed by atoms with Crippen LogP contribution in [0.1, 0.15) is 51.6 Å². The van der Waals surface area contributed by atoms with E-state index in [9.17, 15) is 0 Å². The normalized spacial score (nSPS) is 28.9. The second-order valence-electron chi connectivity index (χ2n) is 6.24. The minimum Gasteiger partial charge on any atom is -0.490 e. The fraction of sp³-hybridized carbons (Fsp3) is 0.647. The zero-order valence-electron chi connectivity index (χ0n) is 12.6. The quantitative estimate of drug-likeness (QED) is 0.878. The molecule has 106 valence electrons. The maximum Gasteiger partial charge on any atom is 0.120 e. The highest BCUT2D eigenvalue weighted by atomic mass is 16.5. The second kappa shape index (κ2) is 6.42. The zero-order chi connectivity index (χ0) is 13.8. The average Bonchev–Trinajstić information content (AvgIpc) is 2.37. The maximum atomic E-state index is 6.20. The molecule has 1 fully saturated rings. The second-order valence-corrected chi connectivity index (χ2v) is 6.24. The SMILES string of the molecule is CNC(C)c1cccc(OC2CC(C)CC(C)C2)c1. The molecule has 1 aromatic rings. The van der Waals surface area contributed by atoms with E-state index in [-0.39, 0.29) is 0 Å². The molecule has 0 spiro atoms. The lowest BCUT2D eigenvalue weighted by Gasteiger charge is -2.31. The van der Waals surface area contributed by atoms with E-state index in [0.29, 0.717) is 12.1 Å². The summed E-state index contributed by atoms with van der Waals surface area (Å²) in [6, 6.07) is 8.86. The Kier molecular flexibility index (Phi) is 4.87. The molecule has 0 heterocycles. The van der Waals surface area contributed by atoms with Gasteiger partial charge in [-0.05, 0) is 62.8 Å². The molecule has 2 rings (SSSR count). The van der Waals surface area contributed by atoms with Gasteiger partial charge in [-0.25, -0.2) is 0 Å². The summed E-state index contributed by atoms with van der Waals surface area (Å²) in [5.74, 6) is 2.59. The van der Waals surface area contributed by atoms with Crippen molar-refractivity contribution in [3.8, 4) is 5.75 Å². The summed E-state index contributed by atoms with van der Waals surface area (Å²) in [6.07, 6.45) is 4.11. The highest BCUT2D eigenvalue weighted by Crippen LogP contribution is 2.31. The molecule has 3 atom stereocenters. The van der Waals surface area contributed by atoms with E-state index in [4.69, 9.17) is 4.74 Å². The van der Waals surface area contributed by atoms with Crippen LogP contribution in [0.4, 0.5) is 0 Å². The van der Waals surface area contributed by atoms with Crippen molar-refractivity contribution in [2.45, 2.75) is 52.2 Å². The van der Waals surface area contributed by atoms with Gasteiger partial charge >= 0.3 is 0 Å². The molecule has 0 radical (unpaired) electrons. The summed E-state index contributed by atoms with van der Waals surface area (Å²) in [7, 11) is 1.99. The molecule has 1 N–H and O–H groups in total.